The quantitative estimate of drug-likeness (QED) is 0.682. The number of nitrogens with zero attached hydrogens (tertiary/aromatic N) is 1. The predicted octanol–water partition coefficient (Wildman–Crippen LogP) is 1.76. The highest BCUT2D eigenvalue weighted by Gasteiger charge is 2.36. The van der Waals surface area contributed by atoms with Crippen molar-refractivity contribution in [2.75, 3.05) is 25.1 Å². The summed E-state index contributed by atoms with van der Waals surface area (Å²) in [5.74, 6) is -1.35. The Balaban J connectivity index is 1.57. The Bertz CT molecular complexity index is 880. The number of fused-ring (bicyclic) bond motifs is 1. The molecule has 1 saturated heterocycles. The van der Waals surface area contributed by atoms with Gasteiger partial charge in [-0.1, -0.05) is 11.3 Å². The number of anilines is 1. The lowest BCUT2D eigenvalue weighted by molar-refractivity contribution is -0.274. The minimum Gasteiger partial charge on any atom is -0.406 e. The third-order valence-corrected chi connectivity index (χ3v) is 5.02. The second-order valence-electron chi connectivity index (χ2n) is 6.20. The van der Waals surface area contributed by atoms with Gasteiger partial charge < -0.3 is 25.8 Å². The summed E-state index contributed by atoms with van der Waals surface area (Å²) in [6.45, 7) is 0.445. The standard InChI is InChI=1S/C16H17F3N4O4S/c17-16(18,19)27-9-1-2-10-11(7-9)28-14(22-10)23-12(24)8-21-13(25)15(20)3-5-26-6-4-15/h1-2,7H,3-6,8,20H2,(H,21,25)(H,22,23,24). The molecule has 2 aromatic rings. The smallest absolute Gasteiger partial charge is 0.406 e. The van der Waals surface area contributed by atoms with Crippen LogP contribution in [0.5, 0.6) is 5.75 Å². The number of rotatable bonds is 5. The normalized spacial score (nSPS) is 16.6. The van der Waals surface area contributed by atoms with E-state index >= 15 is 0 Å². The zero-order valence-corrected chi connectivity index (χ0v) is 15.3. The summed E-state index contributed by atoms with van der Waals surface area (Å²) in [4.78, 5) is 28.3. The molecular weight excluding hydrogens is 401 g/mol. The third kappa shape index (κ3) is 5.09. The van der Waals surface area contributed by atoms with Crippen LogP contribution >= 0.6 is 11.3 Å². The van der Waals surface area contributed by atoms with Crippen LogP contribution in [-0.4, -0.2) is 48.5 Å². The van der Waals surface area contributed by atoms with Crippen molar-refractivity contribution in [1.29, 1.82) is 0 Å². The highest BCUT2D eigenvalue weighted by atomic mass is 32.1. The summed E-state index contributed by atoms with van der Waals surface area (Å²) in [6.07, 6.45) is -4.07. The molecule has 12 heteroatoms. The van der Waals surface area contributed by atoms with Crippen LogP contribution < -0.4 is 21.1 Å². The Morgan fingerprint density at radius 1 is 1.32 bits per heavy atom. The minimum absolute atomic E-state index is 0.187. The molecule has 2 heterocycles. The molecule has 0 atom stereocenters. The monoisotopic (exact) mass is 418 g/mol. The average Bonchev–Trinajstić information content (AvgIpc) is 3.00. The first-order chi connectivity index (χ1) is 13.1. The van der Waals surface area contributed by atoms with Crippen LogP contribution in [0, 0.1) is 0 Å². The van der Waals surface area contributed by atoms with Gasteiger partial charge in [-0.05, 0) is 25.0 Å². The fourth-order valence-electron chi connectivity index (χ4n) is 2.62. The summed E-state index contributed by atoms with van der Waals surface area (Å²) in [5.41, 5.74) is 5.36. The zero-order chi connectivity index (χ0) is 20.4. The van der Waals surface area contributed by atoms with Gasteiger partial charge in [0, 0.05) is 19.3 Å². The number of carbonyl (C=O) groups excluding carboxylic acids is 2. The number of ether oxygens (including phenoxy) is 2. The van der Waals surface area contributed by atoms with Gasteiger partial charge in [-0.2, -0.15) is 0 Å². The van der Waals surface area contributed by atoms with Crippen LogP contribution in [0.15, 0.2) is 18.2 Å². The number of amides is 2. The van der Waals surface area contributed by atoms with Crippen LogP contribution in [0.3, 0.4) is 0 Å². The summed E-state index contributed by atoms with van der Waals surface area (Å²) in [6, 6.07) is 3.67. The van der Waals surface area contributed by atoms with Crippen molar-refractivity contribution < 1.29 is 32.2 Å². The highest BCUT2D eigenvalue weighted by Crippen LogP contribution is 2.31. The molecule has 0 saturated carbocycles. The maximum atomic E-state index is 12.3. The van der Waals surface area contributed by atoms with E-state index in [0.29, 0.717) is 36.3 Å². The predicted molar refractivity (Wildman–Crippen MR) is 94.9 cm³/mol. The van der Waals surface area contributed by atoms with Gasteiger partial charge in [-0.25, -0.2) is 4.98 Å². The van der Waals surface area contributed by atoms with E-state index in [9.17, 15) is 22.8 Å². The molecule has 3 rings (SSSR count). The van der Waals surface area contributed by atoms with Crippen molar-refractivity contribution in [3.05, 3.63) is 18.2 Å². The van der Waals surface area contributed by atoms with Crippen molar-refractivity contribution in [2.45, 2.75) is 24.7 Å². The molecule has 28 heavy (non-hydrogen) atoms. The van der Waals surface area contributed by atoms with Crippen LogP contribution in [-0.2, 0) is 14.3 Å². The molecule has 1 aliphatic rings. The van der Waals surface area contributed by atoms with Gasteiger partial charge in [-0.15, -0.1) is 13.2 Å². The summed E-state index contributed by atoms with van der Waals surface area (Å²) in [5, 5.41) is 5.16. The van der Waals surface area contributed by atoms with E-state index in [4.69, 9.17) is 10.5 Å². The Morgan fingerprint density at radius 3 is 2.71 bits per heavy atom. The number of hydrogen-bond acceptors (Lipinski definition) is 7. The number of carbonyl (C=O) groups is 2. The number of aromatic nitrogens is 1. The fraction of sp³-hybridized carbons (Fsp3) is 0.438. The van der Waals surface area contributed by atoms with Gasteiger partial charge >= 0.3 is 6.36 Å². The SMILES string of the molecule is NC1(C(=O)NCC(=O)Nc2nc3ccc(OC(F)(F)F)cc3s2)CCOCC1. The summed E-state index contributed by atoms with van der Waals surface area (Å²) in [7, 11) is 0. The molecule has 1 aromatic carbocycles. The summed E-state index contributed by atoms with van der Waals surface area (Å²) < 4.78 is 46.3. The number of benzene rings is 1. The lowest BCUT2D eigenvalue weighted by Crippen LogP contribution is -2.57. The second kappa shape index (κ2) is 7.89. The molecule has 0 unspecified atom stereocenters. The molecule has 0 aliphatic carbocycles. The Morgan fingerprint density at radius 2 is 2.04 bits per heavy atom. The van der Waals surface area contributed by atoms with E-state index in [1.165, 1.54) is 12.1 Å². The lowest BCUT2D eigenvalue weighted by atomic mass is 9.90. The third-order valence-electron chi connectivity index (χ3n) is 4.09. The van der Waals surface area contributed by atoms with Gasteiger partial charge in [0.15, 0.2) is 5.13 Å². The van der Waals surface area contributed by atoms with E-state index in [1.54, 1.807) is 0 Å². The lowest BCUT2D eigenvalue weighted by Gasteiger charge is -2.31. The molecule has 0 radical (unpaired) electrons. The maximum absolute atomic E-state index is 12.3. The number of hydrogen-bond donors (Lipinski definition) is 3. The molecule has 4 N–H and O–H groups in total. The van der Waals surface area contributed by atoms with E-state index in [2.05, 4.69) is 20.4 Å². The topological polar surface area (TPSA) is 116 Å². The van der Waals surface area contributed by atoms with E-state index in [0.717, 1.165) is 17.4 Å². The molecule has 2 amide bonds. The van der Waals surface area contributed by atoms with Crippen molar-refractivity contribution in [3.63, 3.8) is 0 Å². The van der Waals surface area contributed by atoms with E-state index in [-0.39, 0.29) is 17.4 Å². The summed E-state index contributed by atoms with van der Waals surface area (Å²) >= 11 is 0.983. The van der Waals surface area contributed by atoms with Gasteiger partial charge in [-0.3, -0.25) is 9.59 Å². The molecule has 8 nitrogen and oxygen atoms in total. The zero-order valence-electron chi connectivity index (χ0n) is 14.5. The van der Waals surface area contributed by atoms with Gasteiger partial charge in [0.25, 0.3) is 0 Å². The molecule has 0 bridgehead atoms. The van der Waals surface area contributed by atoms with Crippen molar-refractivity contribution in [2.24, 2.45) is 5.73 Å². The van der Waals surface area contributed by atoms with Crippen LogP contribution in [0.25, 0.3) is 10.2 Å². The number of nitrogens with one attached hydrogen (secondary N) is 2. The van der Waals surface area contributed by atoms with Gasteiger partial charge in [0.2, 0.25) is 11.8 Å². The first kappa shape index (κ1) is 20.3. The molecule has 0 spiro atoms. The number of thiazole rings is 1. The van der Waals surface area contributed by atoms with E-state index in [1.807, 2.05) is 0 Å². The van der Waals surface area contributed by atoms with Crippen molar-refractivity contribution in [3.8, 4) is 5.75 Å². The van der Waals surface area contributed by atoms with Gasteiger partial charge in [0.05, 0.1) is 22.3 Å². The Labute approximate surface area is 161 Å². The first-order valence-electron chi connectivity index (χ1n) is 8.26. The number of nitrogens with two attached hydrogens (primary N) is 1. The Kier molecular flexibility index (Phi) is 5.72. The Hall–Kier alpha value is -2.44. The molecule has 1 fully saturated rings. The van der Waals surface area contributed by atoms with Gasteiger partial charge in [0.1, 0.15) is 5.75 Å². The van der Waals surface area contributed by atoms with Crippen LogP contribution in [0.4, 0.5) is 18.3 Å². The maximum Gasteiger partial charge on any atom is 0.573 e. The molecule has 152 valence electrons. The fourth-order valence-corrected chi connectivity index (χ4v) is 3.53. The molecule has 1 aromatic heterocycles. The van der Waals surface area contributed by atoms with Crippen molar-refractivity contribution >= 4 is 38.5 Å². The molecule has 1 aliphatic heterocycles. The number of alkyl halides is 3. The largest absolute Gasteiger partial charge is 0.573 e. The van der Waals surface area contributed by atoms with E-state index < -0.39 is 23.7 Å². The average molecular weight is 418 g/mol. The number of halogens is 3. The van der Waals surface area contributed by atoms with Crippen LogP contribution in [0.1, 0.15) is 12.8 Å². The molecular formula is C16H17F3N4O4S. The first-order valence-corrected chi connectivity index (χ1v) is 9.07. The minimum atomic E-state index is -4.79. The highest BCUT2D eigenvalue weighted by molar-refractivity contribution is 7.22. The second-order valence-corrected chi connectivity index (χ2v) is 7.23. The van der Waals surface area contributed by atoms with Crippen molar-refractivity contribution in [1.82, 2.24) is 10.3 Å². The van der Waals surface area contributed by atoms with Crippen LogP contribution in [0.2, 0.25) is 0 Å².